The molecule has 0 amide bonds. The van der Waals surface area contributed by atoms with E-state index in [2.05, 4.69) is 5.16 Å². The Labute approximate surface area is 69.0 Å². The monoisotopic (exact) mass is 161 g/mol. The highest BCUT2D eigenvalue weighted by Gasteiger charge is 2.05. The smallest absolute Gasteiger partial charge is 0.170 e. The Morgan fingerprint density at radius 1 is 1.50 bits per heavy atom. The van der Waals surface area contributed by atoms with Gasteiger partial charge in [-0.1, -0.05) is 11.2 Å². The van der Waals surface area contributed by atoms with Crippen LogP contribution in [0.25, 0.3) is 11.0 Å². The van der Waals surface area contributed by atoms with Crippen molar-refractivity contribution in [3.63, 3.8) is 0 Å². The van der Waals surface area contributed by atoms with Crippen LogP contribution in [0.1, 0.15) is 15.9 Å². The molecule has 60 valence electrons. The zero-order valence-corrected chi connectivity index (χ0v) is 6.57. The number of aromatic nitrogens is 1. The van der Waals surface area contributed by atoms with Crippen LogP contribution in [0.5, 0.6) is 0 Å². The molecule has 0 fully saturated rings. The van der Waals surface area contributed by atoms with Crippen LogP contribution in [0.3, 0.4) is 0 Å². The maximum Gasteiger partial charge on any atom is 0.170 e. The standard InChI is InChI=1S/C9H7NO2/c1-6-8(5-11)3-2-7-4-10-12-9(6)7/h2-5H,1H3. The van der Waals surface area contributed by atoms with Crippen molar-refractivity contribution in [1.29, 1.82) is 0 Å². The van der Waals surface area contributed by atoms with Gasteiger partial charge in [-0.2, -0.15) is 0 Å². The van der Waals surface area contributed by atoms with E-state index in [0.29, 0.717) is 11.1 Å². The quantitative estimate of drug-likeness (QED) is 0.600. The molecule has 0 aliphatic heterocycles. The van der Waals surface area contributed by atoms with Gasteiger partial charge >= 0.3 is 0 Å². The fraction of sp³-hybridized carbons (Fsp3) is 0.111. The molecule has 0 N–H and O–H groups in total. The third-order valence-electron chi connectivity index (χ3n) is 1.94. The van der Waals surface area contributed by atoms with E-state index < -0.39 is 0 Å². The maximum absolute atomic E-state index is 10.5. The largest absolute Gasteiger partial charge is 0.356 e. The fourth-order valence-electron chi connectivity index (χ4n) is 1.21. The molecule has 2 aromatic rings. The Bertz CT molecular complexity index is 431. The number of nitrogens with zero attached hydrogens (tertiary/aromatic N) is 1. The molecule has 0 aliphatic carbocycles. The van der Waals surface area contributed by atoms with Gasteiger partial charge in [-0.05, 0) is 13.0 Å². The summed E-state index contributed by atoms with van der Waals surface area (Å²) in [5, 5.41) is 4.58. The fourth-order valence-corrected chi connectivity index (χ4v) is 1.21. The predicted molar refractivity (Wildman–Crippen MR) is 44.1 cm³/mol. The van der Waals surface area contributed by atoms with Crippen LogP contribution in [0.2, 0.25) is 0 Å². The van der Waals surface area contributed by atoms with Crippen LogP contribution in [0.4, 0.5) is 0 Å². The number of benzene rings is 1. The number of carbonyl (C=O) groups excluding carboxylic acids is 1. The lowest BCUT2D eigenvalue weighted by Crippen LogP contribution is -1.84. The highest BCUT2D eigenvalue weighted by molar-refractivity contribution is 5.88. The SMILES string of the molecule is Cc1c(C=O)ccc2cnoc12. The van der Waals surface area contributed by atoms with Gasteiger partial charge in [-0.15, -0.1) is 0 Å². The molecule has 0 saturated heterocycles. The number of aryl methyl sites for hydroxylation is 1. The Morgan fingerprint density at radius 2 is 2.33 bits per heavy atom. The summed E-state index contributed by atoms with van der Waals surface area (Å²) >= 11 is 0. The van der Waals surface area contributed by atoms with Crippen LogP contribution < -0.4 is 0 Å². The van der Waals surface area contributed by atoms with Crippen LogP contribution >= 0.6 is 0 Å². The third-order valence-corrected chi connectivity index (χ3v) is 1.94. The molecule has 3 heteroatoms. The van der Waals surface area contributed by atoms with E-state index >= 15 is 0 Å². The second-order valence-electron chi connectivity index (χ2n) is 2.64. The lowest BCUT2D eigenvalue weighted by Gasteiger charge is -1.95. The Kier molecular flexibility index (Phi) is 1.43. The average molecular weight is 161 g/mol. The molecular formula is C9H7NO2. The lowest BCUT2D eigenvalue weighted by molar-refractivity contribution is 0.112. The summed E-state index contributed by atoms with van der Waals surface area (Å²) in [6, 6.07) is 3.59. The summed E-state index contributed by atoms with van der Waals surface area (Å²) < 4.78 is 4.98. The van der Waals surface area contributed by atoms with Gasteiger partial charge in [-0.3, -0.25) is 4.79 Å². The highest BCUT2D eigenvalue weighted by Crippen LogP contribution is 2.19. The predicted octanol–water partition coefficient (Wildman–Crippen LogP) is 1.95. The van der Waals surface area contributed by atoms with Crippen molar-refractivity contribution >= 4 is 17.3 Å². The summed E-state index contributed by atoms with van der Waals surface area (Å²) in [4.78, 5) is 10.5. The van der Waals surface area contributed by atoms with Gasteiger partial charge in [0.05, 0.1) is 6.20 Å². The molecule has 0 radical (unpaired) electrons. The Morgan fingerprint density at radius 3 is 3.08 bits per heavy atom. The summed E-state index contributed by atoms with van der Waals surface area (Å²) in [5.74, 6) is 0. The van der Waals surface area contributed by atoms with Crippen molar-refractivity contribution in [2.24, 2.45) is 0 Å². The molecule has 0 atom stereocenters. The normalized spacial score (nSPS) is 10.4. The van der Waals surface area contributed by atoms with Crippen molar-refractivity contribution in [1.82, 2.24) is 5.16 Å². The van der Waals surface area contributed by atoms with Crippen molar-refractivity contribution in [3.05, 3.63) is 29.5 Å². The zero-order valence-electron chi connectivity index (χ0n) is 6.57. The number of carbonyl (C=O) groups is 1. The van der Waals surface area contributed by atoms with E-state index in [0.717, 1.165) is 17.2 Å². The number of hydrogen-bond donors (Lipinski definition) is 0. The number of fused-ring (bicyclic) bond motifs is 1. The van der Waals surface area contributed by atoms with Gasteiger partial charge in [0.1, 0.15) is 6.29 Å². The molecule has 12 heavy (non-hydrogen) atoms. The van der Waals surface area contributed by atoms with E-state index in [1.807, 2.05) is 13.0 Å². The van der Waals surface area contributed by atoms with Gasteiger partial charge in [0.2, 0.25) is 0 Å². The molecule has 0 aliphatic rings. The molecule has 2 rings (SSSR count). The average Bonchev–Trinajstić information content (AvgIpc) is 2.53. The second-order valence-corrected chi connectivity index (χ2v) is 2.64. The minimum absolute atomic E-state index is 0.652. The van der Waals surface area contributed by atoms with E-state index in [1.54, 1.807) is 12.3 Å². The first-order chi connectivity index (χ1) is 5.83. The van der Waals surface area contributed by atoms with E-state index in [1.165, 1.54) is 0 Å². The molecule has 0 unspecified atom stereocenters. The van der Waals surface area contributed by atoms with Crippen molar-refractivity contribution < 1.29 is 9.32 Å². The number of hydrogen-bond acceptors (Lipinski definition) is 3. The minimum Gasteiger partial charge on any atom is -0.356 e. The first-order valence-electron chi connectivity index (χ1n) is 3.62. The van der Waals surface area contributed by atoms with Gasteiger partial charge in [0, 0.05) is 16.5 Å². The first kappa shape index (κ1) is 7.03. The van der Waals surface area contributed by atoms with Gasteiger partial charge in [0.15, 0.2) is 5.58 Å². The molecule has 1 heterocycles. The number of aldehydes is 1. The van der Waals surface area contributed by atoms with Crippen LogP contribution in [-0.2, 0) is 0 Å². The van der Waals surface area contributed by atoms with E-state index in [-0.39, 0.29) is 0 Å². The number of rotatable bonds is 1. The van der Waals surface area contributed by atoms with E-state index in [4.69, 9.17) is 4.52 Å². The minimum atomic E-state index is 0.652. The molecule has 0 saturated carbocycles. The zero-order chi connectivity index (χ0) is 8.55. The van der Waals surface area contributed by atoms with Crippen molar-refractivity contribution in [2.75, 3.05) is 0 Å². The second kappa shape index (κ2) is 2.44. The Balaban J connectivity index is 2.86. The molecule has 0 spiro atoms. The summed E-state index contributed by atoms with van der Waals surface area (Å²) in [7, 11) is 0. The molecule has 1 aromatic heterocycles. The maximum atomic E-state index is 10.5. The molecule has 1 aromatic carbocycles. The van der Waals surface area contributed by atoms with Crippen LogP contribution in [-0.4, -0.2) is 11.4 Å². The van der Waals surface area contributed by atoms with Crippen LogP contribution in [0, 0.1) is 6.92 Å². The third kappa shape index (κ3) is 0.830. The van der Waals surface area contributed by atoms with Crippen molar-refractivity contribution in [2.45, 2.75) is 6.92 Å². The molecule has 3 nitrogen and oxygen atoms in total. The van der Waals surface area contributed by atoms with Gasteiger partial charge in [-0.25, -0.2) is 0 Å². The van der Waals surface area contributed by atoms with Gasteiger partial charge in [0.25, 0.3) is 0 Å². The van der Waals surface area contributed by atoms with Gasteiger partial charge < -0.3 is 4.52 Å². The molecular weight excluding hydrogens is 154 g/mol. The van der Waals surface area contributed by atoms with Crippen molar-refractivity contribution in [3.8, 4) is 0 Å². The highest BCUT2D eigenvalue weighted by atomic mass is 16.5. The lowest BCUT2D eigenvalue weighted by atomic mass is 10.1. The summed E-state index contributed by atoms with van der Waals surface area (Å²) in [6.45, 7) is 1.84. The van der Waals surface area contributed by atoms with Crippen LogP contribution in [0.15, 0.2) is 22.9 Å². The topological polar surface area (TPSA) is 43.1 Å². The summed E-state index contributed by atoms with van der Waals surface area (Å²) in [6.07, 6.45) is 2.45. The first-order valence-corrected chi connectivity index (χ1v) is 3.62. The Hall–Kier alpha value is -1.64. The summed E-state index contributed by atoms with van der Waals surface area (Å²) in [5.41, 5.74) is 2.19. The molecule has 0 bridgehead atoms. The van der Waals surface area contributed by atoms with E-state index in [9.17, 15) is 4.79 Å².